The summed E-state index contributed by atoms with van der Waals surface area (Å²) in [7, 11) is 0. The summed E-state index contributed by atoms with van der Waals surface area (Å²) < 4.78 is 0. The molecule has 0 atom stereocenters. The molecule has 0 saturated carbocycles. The van der Waals surface area contributed by atoms with Gasteiger partial charge in [-0.1, -0.05) is 0 Å². The molecule has 0 aliphatic carbocycles. The SMILES string of the molecule is ClNCCNCl.[Pt]. The molecule has 0 aromatic heterocycles. The molecule has 0 spiro atoms. The number of nitrogens with one attached hydrogen (secondary N) is 2. The van der Waals surface area contributed by atoms with E-state index in [1.54, 1.807) is 0 Å². The van der Waals surface area contributed by atoms with E-state index in [0.717, 1.165) is 0 Å². The van der Waals surface area contributed by atoms with Crippen LogP contribution >= 0.6 is 23.6 Å². The van der Waals surface area contributed by atoms with Crippen molar-refractivity contribution in [3.63, 3.8) is 0 Å². The second kappa shape index (κ2) is 10.2. The monoisotopic (exact) mass is 323 g/mol. The van der Waals surface area contributed by atoms with Gasteiger partial charge in [-0.3, -0.25) is 0 Å². The number of rotatable bonds is 3. The van der Waals surface area contributed by atoms with Crippen LogP contribution in [-0.4, -0.2) is 13.1 Å². The molecule has 2 N–H and O–H groups in total. The van der Waals surface area contributed by atoms with Gasteiger partial charge < -0.3 is 0 Å². The van der Waals surface area contributed by atoms with Crippen LogP contribution in [0, 0.1) is 0 Å². The number of hydrogen-bond acceptors (Lipinski definition) is 2. The Bertz CT molecular complexity index is 25.7. The summed E-state index contributed by atoms with van der Waals surface area (Å²) in [6.07, 6.45) is 0. The molecule has 0 aromatic rings. The van der Waals surface area contributed by atoms with Crippen molar-refractivity contribution in [3.05, 3.63) is 0 Å². The van der Waals surface area contributed by atoms with Crippen molar-refractivity contribution in [1.29, 1.82) is 0 Å². The first-order chi connectivity index (χ1) is 2.91. The molecule has 0 rings (SSSR count). The predicted molar refractivity (Wildman–Crippen MR) is 27.7 cm³/mol. The van der Waals surface area contributed by atoms with Gasteiger partial charge >= 0.3 is 0 Å². The first-order valence-electron chi connectivity index (χ1n) is 1.59. The Balaban J connectivity index is 0. The van der Waals surface area contributed by atoms with Crippen LogP contribution in [0.4, 0.5) is 0 Å². The van der Waals surface area contributed by atoms with Gasteiger partial charge in [-0.25, -0.2) is 9.67 Å². The minimum absolute atomic E-state index is 0. The zero-order valence-electron chi connectivity index (χ0n) is 3.49. The van der Waals surface area contributed by atoms with Crippen molar-refractivity contribution >= 4 is 23.6 Å². The molecular weight excluding hydrogens is 318 g/mol. The van der Waals surface area contributed by atoms with E-state index in [1.807, 2.05) is 0 Å². The smallest absolute Gasteiger partial charge is 0.0246 e. The van der Waals surface area contributed by atoms with E-state index < -0.39 is 0 Å². The summed E-state index contributed by atoms with van der Waals surface area (Å²) >= 11 is 10.1. The molecule has 5 heteroatoms. The third-order valence-corrected chi connectivity index (χ3v) is 0.692. The van der Waals surface area contributed by atoms with Crippen molar-refractivity contribution in [3.8, 4) is 0 Å². The zero-order valence-corrected chi connectivity index (χ0v) is 7.27. The largest absolute Gasteiger partial charge is 0.232 e. The van der Waals surface area contributed by atoms with Crippen LogP contribution < -0.4 is 9.67 Å². The second-order valence-corrected chi connectivity index (χ2v) is 1.30. The van der Waals surface area contributed by atoms with Crippen molar-refractivity contribution in [2.24, 2.45) is 0 Å². The molecule has 0 aromatic carbocycles. The minimum Gasteiger partial charge on any atom is -0.232 e. The summed E-state index contributed by atoms with van der Waals surface area (Å²) in [5, 5.41) is 0. The van der Waals surface area contributed by atoms with Crippen LogP contribution in [0.15, 0.2) is 0 Å². The van der Waals surface area contributed by atoms with Gasteiger partial charge in [0.2, 0.25) is 0 Å². The first kappa shape index (κ1) is 11.0. The average Bonchev–Trinajstić information content (AvgIpc) is 1.61. The fraction of sp³-hybridized carbons (Fsp3) is 1.00. The van der Waals surface area contributed by atoms with Crippen molar-refractivity contribution in [2.45, 2.75) is 0 Å². The fourth-order valence-corrected chi connectivity index (χ4v) is 0.283. The molecule has 0 saturated heterocycles. The van der Waals surface area contributed by atoms with E-state index >= 15 is 0 Å². The molecule has 0 aliphatic rings. The van der Waals surface area contributed by atoms with Gasteiger partial charge in [0.05, 0.1) is 0 Å². The molecule has 0 radical (unpaired) electrons. The maximum Gasteiger partial charge on any atom is 0.0246 e. The van der Waals surface area contributed by atoms with Crippen molar-refractivity contribution < 1.29 is 21.1 Å². The Morgan fingerprint density at radius 3 is 1.43 bits per heavy atom. The molecule has 0 aliphatic heterocycles. The molecule has 7 heavy (non-hydrogen) atoms. The van der Waals surface area contributed by atoms with Gasteiger partial charge in [0.25, 0.3) is 0 Å². The molecule has 2 nitrogen and oxygen atoms in total. The summed E-state index contributed by atoms with van der Waals surface area (Å²) in [6.45, 7) is 1.37. The molecule has 0 amide bonds. The Morgan fingerprint density at radius 2 is 1.29 bits per heavy atom. The Hall–Kier alpha value is 1.19. The summed E-state index contributed by atoms with van der Waals surface area (Å²) in [5.41, 5.74) is 0. The summed E-state index contributed by atoms with van der Waals surface area (Å²) in [5.74, 6) is 0. The van der Waals surface area contributed by atoms with E-state index in [0.29, 0.717) is 13.1 Å². The van der Waals surface area contributed by atoms with Crippen LogP contribution in [0.2, 0.25) is 0 Å². The maximum absolute atomic E-state index is 5.03. The van der Waals surface area contributed by atoms with Crippen LogP contribution in [0.25, 0.3) is 0 Å². The zero-order chi connectivity index (χ0) is 4.83. The third-order valence-electron chi connectivity index (χ3n) is 0.314. The van der Waals surface area contributed by atoms with Crippen LogP contribution in [0.1, 0.15) is 0 Å². The standard InChI is InChI=1S/C2H6Cl2N2.Pt/c3-5-1-2-6-4;/h5-6H,1-2H2;. The Labute approximate surface area is 67.4 Å². The van der Waals surface area contributed by atoms with Gasteiger partial charge in [-0.15, -0.1) is 0 Å². The number of hydrogen-bond donors (Lipinski definition) is 2. The van der Waals surface area contributed by atoms with E-state index in [2.05, 4.69) is 9.67 Å². The fourth-order valence-electron chi connectivity index (χ4n) is 0.0945. The van der Waals surface area contributed by atoms with E-state index in [1.165, 1.54) is 0 Å². The summed E-state index contributed by atoms with van der Waals surface area (Å²) in [6, 6.07) is 0. The average molecular weight is 324 g/mol. The molecular formula is C2H6Cl2N2Pt. The molecule has 0 fully saturated rings. The first-order valence-corrected chi connectivity index (χ1v) is 2.34. The van der Waals surface area contributed by atoms with Crippen LogP contribution in [0.5, 0.6) is 0 Å². The second-order valence-electron chi connectivity index (χ2n) is 0.767. The minimum atomic E-state index is 0. The Kier molecular flexibility index (Phi) is 16.1. The van der Waals surface area contributed by atoms with Crippen LogP contribution in [-0.2, 0) is 21.1 Å². The van der Waals surface area contributed by atoms with Gasteiger partial charge in [0.1, 0.15) is 0 Å². The van der Waals surface area contributed by atoms with Gasteiger partial charge in [-0.05, 0) is 23.6 Å². The normalized spacial score (nSPS) is 7.71. The molecule has 0 heterocycles. The maximum atomic E-state index is 5.03. The topological polar surface area (TPSA) is 24.1 Å². The predicted octanol–water partition coefficient (Wildman–Crippen LogP) is 0.471. The third kappa shape index (κ3) is 11.0. The Morgan fingerprint density at radius 1 is 1.00 bits per heavy atom. The quantitative estimate of drug-likeness (QED) is 0.583. The molecule has 0 bridgehead atoms. The van der Waals surface area contributed by atoms with E-state index in [9.17, 15) is 0 Å². The molecule has 0 unspecified atom stereocenters. The van der Waals surface area contributed by atoms with Crippen molar-refractivity contribution in [2.75, 3.05) is 13.1 Å². The summed E-state index contributed by atoms with van der Waals surface area (Å²) in [4.78, 5) is 4.79. The van der Waals surface area contributed by atoms with Gasteiger partial charge in [-0.2, -0.15) is 0 Å². The van der Waals surface area contributed by atoms with Crippen LogP contribution in [0.3, 0.4) is 0 Å². The van der Waals surface area contributed by atoms with Gasteiger partial charge in [0.15, 0.2) is 0 Å². The number of halogens is 2. The van der Waals surface area contributed by atoms with Gasteiger partial charge in [0, 0.05) is 34.2 Å². The van der Waals surface area contributed by atoms with Crippen molar-refractivity contribution in [1.82, 2.24) is 9.67 Å². The van der Waals surface area contributed by atoms with E-state index in [-0.39, 0.29) is 21.1 Å². The molecule has 48 valence electrons. The van der Waals surface area contributed by atoms with E-state index in [4.69, 9.17) is 23.6 Å².